The van der Waals surface area contributed by atoms with Gasteiger partial charge in [0.15, 0.2) is 6.10 Å². The molecule has 0 spiro atoms. The van der Waals surface area contributed by atoms with Crippen molar-refractivity contribution in [2.24, 2.45) is 0 Å². The van der Waals surface area contributed by atoms with Gasteiger partial charge in [0.1, 0.15) is 19.8 Å². The van der Waals surface area contributed by atoms with Crippen molar-refractivity contribution in [2.75, 3.05) is 47.5 Å². The van der Waals surface area contributed by atoms with Crippen LogP contribution in [0.15, 0.2) is 109 Å². The minimum Gasteiger partial charge on any atom is -0.462 e. The quantitative estimate of drug-likeness (QED) is 0.0157. The number of unbranched alkanes of at least 4 members (excludes halogenated alkanes) is 5. The lowest BCUT2D eigenvalue weighted by Gasteiger charge is -2.24. The first-order chi connectivity index (χ1) is 28.4. The van der Waals surface area contributed by atoms with E-state index in [2.05, 4.69) is 74.6 Å². The number of allylic oxidation sites excluding steroid dienone is 16. The number of likely N-dealkylation sites (N-methyl/N-ethyl adjacent to an activating group) is 1. The maximum Gasteiger partial charge on any atom is 0.472 e. The molecule has 2 N–H and O–H groups in total. The van der Waals surface area contributed by atoms with Gasteiger partial charge in [-0.2, -0.15) is 0 Å². The molecule has 0 heterocycles. The van der Waals surface area contributed by atoms with Crippen LogP contribution >= 0.6 is 7.82 Å². The van der Waals surface area contributed by atoms with Crippen LogP contribution in [0, 0.1) is 0 Å². The third kappa shape index (κ3) is 42.6. The number of carbonyl (C=O) groups is 2. The number of aliphatic hydroxyl groups excluding tert-OH is 1. The highest BCUT2D eigenvalue weighted by Crippen LogP contribution is 2.43. The van der Waals surface area contributed by atoms with Gasteiger partial charge in [0.2, 0.25) is 0 Å². The summed E-state index contributed by atoms with van der Waals surface area (Å²) < 4.78 is 34.1. The summed E-state index contributed by atoms with van der Waals surface area (Å²) in [6, 6.07) is 0. The van der Waals surface area contributed by atoms with Crippen LogP contribution in [0.5, 0.6) is 0 Å². The van der Waals surface area contributed by atoms with Gasteiger partial charge in [-0.3, -0.25) is 18.6 Å². The van der Waals surface area contributed by atoms with E-state index in [-0.39, 0.29) is 26.1 Å². The van der Waals surface area contributed by atoms with Gasteiger partial charge in [0.05, 0.1) is 33.9 Å². The van der Waals surface area contributed by atoms with Crippen molar-refractivity contribution < 1.29 is 47.2 Å². The molecule has 0 aliphatic rings. The van der Waals surface area contributed by atoms with Gasteiger partial charge in [-0.15, -0.1) is 0 Å². The summed E-state index contributed by atoms with van der Waals surface area (Å²) in [5.74, 6) is -0.986. The molecule has 0 aliphatic heterocycles. The highest BCUT2D eigenvalue weighted by Gasteiger charge is 2.27. The van der Waals surface area contributed by atoms with E-state index >= 15 is 0 Å². The van der Waals surface area contributed by atoms with Crippen molar-refractivity contribution in [2.45, 2.75) is 135 Å². The van der Waals surface area contributed by atoms with Gasteiger partial charge < -0.3 is 24.0 Å². The Hall–Kier alpha value is -3.37. The van der Waals surface area contributed by atoms with E-state index < -0.39 is 38.6 Å². The molecule has 0 aromatic heterocycles. The first-order valence-corrected chi connectivity index (χ1v) is 23.2. The standard InChI is InChI=1S/C48H78NO9P/c1-6-8-10-12-14-15-16-17-18-19-20-21-22-23-28-32-36-40-48(52)58-46(44-57-59(53,54)56-42-41-49(3,4)5)43-55-47(51)39-35-31-27-25-24-26-30-34-38-45(50)37-33-29-13-11-9-7-2/h9,11,14-15,17-18,20-21,23,25-30,33-34,38,45-46,50H,6-8,10,12-13,16,19,22,24,31-32,35-37,39-44H2,1-5H3/p+1/b11-9-,15-14-,18-17-,21-20-,27-25-,28-23-,30-26-,33-29-,38-34+/t45?,46-/m1/s1. The number of ether oxygens (including phenoxy) is 2. The number of aliphatic hydroxyl groups is 1. The predicted molar refractivity (Wildman–Crippen MR) is 244 cm³/mol. The third-order valence-corrected chi connectivity index (χ3v) is 9.35. The number of hydrogen-bond acceptors (Lipinski definition) is 8. The second kappa shape index (κ2) is 38.8. The normalized spacial score (nSPS) is 15.2. The zero-order chi connectivity index (χ0) is 43.7. The maximum absolute atomic E-state index is 12.7. The Morgan fingerprint density at radius 2 is 1.15 bits per heavy atom. The number of rotatable bonds is 37. The number of nitrogens with zero attached hydrogens (tertiary/aromatic N) is 1. The Kier molecular flexibility index (Phi) is 36.6. The molecule has 0 bridgehead atoms. The van der Waals surface area contributed by atoms with E-state index in [1.807, 2.05) is 63.7 Å². The molecule has 0 saturated carbocycles. The molecule has 0 fully saturated rings. The fourth-order valence-corrected chi connectivity index (χ4v) is 5.69. The van der Waals surface area contributed by atoms with Gasteiger partial charge >= 0.3 is 19.8 Å². The van der Waals surface area contributed by atoms with Crippen molar-refractivity contribution in [3.8, 4) is 0 Å². The van der Waals surface area contributed by atoms with Gasteiger partial charge in [-0.25, -0.2) is 4.57 Å². The van der Waals surface area contributed by atoms with Crippen LogP contribution in [0.4, 0.5) is 0 Å². The third-order valence-electron chi connectivity index (χ3n) is 8.37. The van der Waals surface area contributed by atoms with Crippen molar-refractivity contribution in [1.29, 1.82) is 0 Å². The smallest absolute Gasteiger partial charge is 0.462 e. The molecule has 0 saturated heterocycles. The monoisotopic (exact) mass is 845 g/mol. The van der Waals surface area contributed by atoms with Crippen LogP contribution in [-0.4, -0.2) is 86.1 Å². The van der Waals surface area contributed by atoms with Crippen LogP contribution in [0.1, 0.15) is 123 Å². The second-order valence-electron chi connectivity index (χ2n) is 15.2. The number of hydrogen-bond donors (Lipinski definition) is 2. The van der Waals surface area contributed by atoms with Crippen LogP contribution in [0.2, 0.25) is 0 Å². The summed E-state index contributed by atoms with van der Waals surface area (Å²) in [4.78, 5) is 35.3. The molecule has 10 nitrogen and oxygen atoms in total. The highest BCUT2D eigenvalue weighted by atomic mass is 31.2. The maximum atomic E-state index is 12.7. The average molecular weight is 845 g/mol. The first-order valence-electron chi connectivity index (χ1n) is 21.7. The lowest BCUT2D eigenvalue weighted by atomic mass is 10.2. The number of phosphoric acid groups is 1. The molecule has 0 amide bonds. The topological polar surface area (TPSA) is 129 Å². The molecule has 3 atom stereocenters. The summed E-state index contributed by atoms with van der Waals surface area (Å²) in [6.07, 6.45) is 49.0. The molecule has 0 aliphatic carbocycles. The number of phosphoric ester groups is 1. The summed E-state index contributed by atoms with van der Waals surface area (Å²) in [5.41, 5.74) is 0. The molecule has 0 aromatic carbocycles. The van der Waals surface area contributed by atoms with Crippen LogP contribution < -0.4 is 0 Å². The van der Waals surface area contributed by atoms with Crippen LogP contribution in [0.3, 0.4) is 0 Å². The predicted octanol–water partition coefficient (Wildman–Crippen LogP) is 11.3. The zero-order valence-corrected chi connectivity index (χ0v) is 37.9. The molecule has 334 valence electrons. The van der Waals surface area contributed by atoms with Gasteiger partial charge in [0.25, 0.3) is 0 Å². The Morgan fingerprint density at radius 3 is 1.73 bits per heavy atom. The minimum absolute atomic E-state index is 0.00404. The van der Waals surface area contributed by atoms with Gasteiger partial charge in [0, 0.05) is 12.8 Å². The van der Waals surface area contributed by atoms with Crippen molar-refractivity contribution in [3.63, 3.8) is 0 Å². The number of carbonyl (C=O) groups excluding carboxylic acids is 2. The van der Waals surface area contributed by atoms with Crippen molar-refractivity contribution in [1.82, 2.24) is 0 Å². The average Bonchev–Trinajstić information content (AvgIpc) is 3.18. The van der Waals surface area contributed by atoms with Crippen LogP contribution in [0.25, 0.3) is 0 Å². The zero-order valence-electron chi connectivity index (χ0n) is 37.0. The SMILES string of the molecule is CC/C=C\C/C=C\CC(O)/C=C/C=C\C/C=C\CCCC(=O)OC[C@H](COP(=O)(O)OCC[N+](C)(C)C)OC(=O)CCC/C=C\C/C=C\C/C=C\C/C=C\CCCCC. The second-order valence-corrected chi connectivity index (χ2v) is 16.6. The summed E-state index contributed by atoms with van der Waals surface area (Å²) in [5, 5.41) is 10.0. The van der Waals surface area contributed by atoms with E-state index in [4.69, 9.17) is 18.5 Å². The molecular formula is C48H79NO9P+. The fourth-order valence-electron chi connectivity index (χ4n) is 4.95. The van der Waals surface area contributed by atoms with E-state index in [1.54, 1.807) is 6.08 Å². The minimum atomic E-state index is -4.42. The molecule has 2 unspecified atom stereocenters. The summed E-state index contributed by atoms with van der Waals surface area (Å²) in [7, 11) is 1.35. The Morgan fingerprint density at radius 1 is 0.627 bits per heavy atom. The lowest BCUT2D eigenvalue weighted by Crippen LogP contribution is -2.37. The first kappa shape index (κ1) is 55.6. The van der Waals surface area contributed by atoms with E-state index in [9.17, 15) is 24.2 Å². The largest absolute Gasteiger partial charge is 0.472 e. The molecule has 0 radical (unpaired) electrons. The summed E-state index contributed by atoms with van der Waals surface area (Å²) in [6.45, 7) is 4.02. The van der Waals surface area contributed by atoms with Gasteiger partial charge in [-0.1, -0.05) is 136 Å². The summed E-state index contributed by atoms with van der Waals surface area (Å²) >= 11 is 0. The van der Waals surface area contributed by atoms with Crippen molar-refractivity contribution >= 4 is 19.8 Å². The highest BCUT2D eigenvalue weighted by molar-refractivity contribution is 7.47. The Bertz CT molecular complexity index is 1380. The van der Waals surface area contributed by atoms with Gasteiger partial charge in [-0.05, 0) is 83.5 Å². The van der Waals surface area contributed by atoms with Crippen molar-refractivity contribution in [3.05, 3.63) is 109 Å². The van der Waals surface area contributed by atoms with E-state index in [0.717, 1.165) is 44.9 Å². The molecule has 59 heavy (non-hydrogen) atoms. The Balaban J connectivity index is 4.65. The van der Waals surface area contributed by atoms with Crippen LogP contribution in [-0.2, 0) is 32.7 Å². The molecule has 0 aromatic rings. The Labute approximate surface area is 358 Å². The molecule has 0 rings (SSSR count). The number of esters is 2. The molecular weight excluding hydrogens is 765 g/mol. The lowest BCUT2D eigenvalue weighted by molar-refractivity contribution is -0.870. The van der Waals surface area contributed by atoms with E-state index in [0.29, 0.717) is 43.1 Å². The molecule has 11 heteroatoms. The fraction of sp³-hybridized carbons (Fsp3) is 0.583. The van der Waals surface area contributed by atoms with E-state index in [1.165, 1.54) is 19.3 Å². The number of quaternary nitrogens is 1.